The molecule has 2 heterocycles. The van der Waals surface area contributed by atoms with Gasteiger partial charge in [-0.15, -0.1) is 24.0 Å². The molecule has 4 rings (SSSR count). The number of benzene rings is 1. The molecule has 2 N–H and O–H groups in total. The molecule has 2 aliphatic heterocycles. The Kier molecular flexibility index (Phi) is 6.63. The monoisotopic (exact) mass is 548 g/mol. The molecular formula is C20H30BrIN4O. The fraction of sp³-hybridized carbons (Fsp3) is 0.650. The predicted molar refractivity (Wildman–Crippen MR) is 125 cm³/mol. The summed E-state index contributed by atoms with van der Waals surface area (Å²) in [6.07, 6.45) is 2.68. The van der Waals surface area contributed by atoms with E-state index in [1.54, 1.807) is 0 Å². The molecule has 7 heteroatoms. The van der Waals surface area contributed by atoms with Gasteiger partial charge in [-0.2, -0.15) is 0 Å². The Bertz CT molecular complexity index is 681. The van der Waals surface area contributed by atoms with Gasteiger partial charge in [0, 0.05) is 60.3 Å². The van der Waals surface area contributed by atoms with Gasteiger partial charge in [-0.3, -0.25) is 4.99 Å². The Morgan fingerprint density at radius 1 is 1.22 bits per heavy atom. The number of fused-ring (bicyclic) bond motifs is 1. The normalized spacial score (nSPS) is 31.7. The number of hydrogen-bond acceptors (Lipinski definition) is 3. The van der Waals surface area contributed by atoms with Crippen molar-refractivity contribution in [2.24, 2.45) is 16.3 Å². The van der Waals surface area contributed by atoms with Crippen molar-refractivity contribution in [2.45, 2.75) is 44.9 Å². The van der Waals surface area contributed by atoms with Gasteiger partial charge < -0.3 is 20.3 Å². The highest BCUT2D eigenvalue weighted by atomic mass is 127. The molecule has 0 aromatic heterocycles. The summed E-state index contributed by atoms with van der Waals surface area (Å²) < 4.78 is 7.03. The van der Waals surface area contributed by atoms with Crippen molar-refractivity contribution in [3.05, 3.63) is 28.7 Å². The molecule has 3 fully saturated rings. The third-order valence-electron chi connectivity index (χ3n) is 6.34. The van der Waals surface area contributed by atoms with Crippen LogP contribution in [0.4, 0.5) is 5.69 Å². The van der Waals surface area contributed by atoms with E-state index in [2.05, 4.69) is 74.6 Å². The van der Waals surface area contributed by atoms with Crippen LogP contribution in [-0.2, 0) is 4.74 Å². The number of ether oxygens (including phenoxy) is 1. The van der Waals surface area contributed by atoms with Crippen LogP contribution in [0.3, 0.4) is 0 Å². The first-order valence-electron chi connectivity index (χ1n) is 9.61. The number of guanidine groups is 1. The van der Waals surface area contributed by atoms with Crippen molar-refractivity contribution in [1.82, 2.24) is 10.6 Å². The zero-order valence-corrected chi connectivity index (χ0v) is 20.2. The van der Waals surface area contributed by atoms with Crippen LogP contribution in [0.5, 0.6) is 0 Å². The highest BCUT2D eigenvalue weighted by Gasteiger charge is 2.59. The van der Waals surface area contributed by atoms with Gasteiger partial charge >= 0.3 is 0 Å². The first kappa shape index (κ1) is 21.2. The minimum absolute atomic E-state index is 0. The lowest BCUT2D eigenvalue weighted by Gasteiger charge is -2.55. The number of hydrogen-bond donors (Lipinski definition) is 2. The van der Waals surface area contributed by atoms with Crippen LogP contribution >= 0.6 is 39.9 Å². The van der Waals surface area contributed by atoms with Gasteiger partial charge in [-0.05, 0) is 37.1 Å². The maximum absolute atomic E-state index is 5.91. The Labute approximate surface area is 187 Å². The van der Waals surface area contributed by atoms with Crippen molar-refractivity contribution in [1.29, 1.82) is 0 Å². The second-order valence-corrected chi connectivity index (χ2v) is 9.23. The smallest absolute Gasteiger partial charge is 0.191 e. The average molecular weight is 549 g/mol. The number of anilines is 1. The zero-order chi connectivity index (χ0) is 18.3. The van der Waals surface area contributed by atoms with Gasteiger partial charge in [-0.25, -0.2) is 0 Å². The first-order chi connectivity index (χ1) is 12.5. The largest absolute Gasteiger partial charge is 0.377 e. The third kappa shape index (κ3) is 4.10. The highest BCUT2D eigenvalue weighted by molar-refractivity contribution is 14.0. The van der Waals surface area contributed by atoms with Crippen LogP contribution in [0, 0.1) is 11.3 Å². The lowest BCUT2D eigenvalue weighted by Crippen LogP contribution is -2.68. The minimum Gasteiger partial charge on any atom is -0.377 e. The summed E-state index contributed by atoms with van der Waals surface area (Å²) in [7, 11) is 1.87. The molecule has 5 nitrogen and oxygen atoms in total. The maximum Gasteiger partial charge on any atom is 0.191 e. The van der Waals surface area contributed by atoms with Crippen molar-refractivity contribution in [3.8, 4) is 0 Å². The summed E-state index contributed by atoms with van der Waals surface area (Å²) in [6.45, 7) is 7.58. The number of rotatable bonds is 3. The third-order valence-corrected chi connectivity index (χ3v) is 6.87. The van der Waals surface area contributed by atoms with Crippen LogP contribution in [0.15, 0.2) is 33.7 Å². The van der Waals surface area contributed by atoms with E-state index in [1.807, 2.05) is 7.05 Å². The van der Waals surface area contributed by atoms with Crippen molar-refractivity contribution < 1.29 is 4.74 Å². The summed E-state index contributed by atoms with van der Waals surface area (Å²) in [5.74, 6) is 1.54. The van der Waals surface area contributed by atoms with E-state index in [4.69, 9.17) is 4.74 Å². The summed E-state index contributed by atoms with van der Waals surface area (Å²) in [5, 5.41) is 7.33. The van der Waals surface area contributed by atoms with Crippen LogP contribution in [-0.4, -0.2) is 50.9 Å². The molecule has 27 heavy (non-hydrogen) atoms. The molecule has 1 aromatic rings. The fourth-order valence-electron chi connectivity index (χ4n) is 4.89. The molecule has 2 saturated heterocycles. The van der Waals surface area contributed by atoms with E-state index >= 15 is 0 Å². The van der Waals surface area contributed by atoms with Gasteiger partial charge in [0.15, 0.2) is 5.96 Å². The van der Waals surface area contributed by atoms with E-state index in [0.717, 1.165) is 43.0 Å². The molecule has 1 saturated carbocycles. The van der Waals surface area contributed by atoms with Gasteiger partial charge in [0.1, 0.15) is 0 Å². The number of nitrogens with one attached hydrogen (secondary N) is 2. The van der Waals surface area contributed by atoms with Crippen LogP contribution in [0.1, 0.15) is 26.7 Å². The molecule has 0 radical (unpaired) electrons. The Balaban J connectivity index is 0.00000210. The second kappa shape index (κ2) is 8.45. The van der Waals surface area contributed by atoms with E-state index < -0.39 is 0 Å². The highest BCUT2D eigenvalue weighted by Crippen LogP contribution is 2.52. The SMILES string of the molecule is CN=C(NC1CCN(c2ccc(Br)cc2)C1)NC1C2CCOC2C1(C)C.I. The molecular weight excluding hydrogens is 519 g/mol. The summed E-state index contributed by atoms with van der Waals surface area (Å²) in [6, 6.07) is 9.42. The number of nitrogens with zero attached hydrogens (tertiary/aromatic N) is 2. The van der Waals surface area contributed by atoms with Crippen LogP contribution in [0.2, 0.25) is 0 Å². The molecule has 1 aliphatic carbocycles. The number of halogens is 2. The van der Waals surface area contributed by atoms with E-state index in [0.29, 0.717) is 24.1 Å². The van der Waals surface area contributed by atoms with Crippen molar-refractivity contribution in [3.63, 3.8) is 0 Å². The predicted octanol–water partition coefficient (Wildman–Crippen LogP) is 3.62. The lowest BCUT2D eigenvalue weighted by atomic mass is 9.57. The Morgan fingerprint density at radius 2 is 1.96 bits per heavy atom. The van der Waals surface area contributed by atoms with Gasteiger partial charge in [-0.1, -0.05) is 29.8 Å². The molecule has 3 aliphatic rings. The molecule has 1 aromatic carbocycles. The Hall–Kier alpha value is -0.540. The molecule has 150 valence electrons. The summed E-state index contributed by atoms with van der Waals surface area (Å²) in [5.41, 5.74) is 1.45. The zero-order valence-electron chi connectivity index (χ0n) is 16.2. The van der Waals surface area contributed by atoms with Gasteiger partial charge in [0.05, 0.1) is 6.10 Å². The maximum atomic E-state index is 5.91. The quantitative estimate of drug-likeness (QED) is 0.344. The summed E-state index contributed by atoms with van der Waals surface area (Å²) >= 11 is 3.51. The molecule has 4 atom stereocenters. The molecule has 4 unspecified atom stereocenters. The second-order valence-electron chi connectivity index (χ2n) is 8.31. The van der Waals surface area contributed by atoms with Crippen molar-refractivity contribution in [2.75, 3.05) is 31.6 Å². The van der Waals surface area contributed by atoms with Crippen LogP contribution in [0.25, 0.3) is 0 Å². The number of aliphatic imine (C=N–C) groups is 1. The summed E-state index contributed by atoms with van der Waals surface area (Å²) in [4.78, 5) is 6.93. The van der Waals surface area contributed by atoms with E-state index in [-0.39, 0.29) is 29.4 Å². The molecule has 0 amide bonds. The molecule has 0 spiro atoms. The van der Waals surface area contributed by atoms with E-state index in [1.165, 1.54) is 5.69 Å². The standard InChI is InChI=1S/C20H29BrN4O.HI/c1-20(2)17(16-9-11-26-18(16)20)24-19(22-3)23-14-8-10-25(12-14)15-6-4-13(21)5-7-15;/h4-7,14,16-18H,8-12H2,1-3H3,(H2,22,23,24);1H. The average Bonchev–Trinajstić information content (AvgIpc) is 3.27. The van der Waals surface area contributed by atoms with E-state index in [9.17, 15) is 0 Å². The minimum atomic E-state index is 0. The van der Waals surface area contributed by atoms with Gasteiger partial charge in [0.2, 0.25) is 0 Å². The van der Waals surface area contributed by atoms with Crippen molar-refractivity contribution >= 4 is 51.6 Å². The Morgan fingerprint density at radius 3 is 2.67 bits per heavy atom. The fourth-order valence-corrected chi connectivity index (χ4v) is 5.16. The first-order valence-corrected chi connectivity index (χ1v) is 10.4. The topological polar surface area (TPSA) is 48.9 Å². The van der Waals surface area contributed by atoms with Crippen LogP contribution < -0.4 is 15.5 Å². The molecule has 0 bridgehead atoms. The lowest BCUT2D eigenvalue weighted by molar-refractivity contribution is -0.106. The van der Waals surface area contributed by atoms with Gasteiger partial charge in [0.25, 0.3) is 0 Å².